The van der Waals surface area contributed by atoms with Crippen LogP contribution in [0.4, 0.5) is 5.69 Å². The van der Waals surface area contributed by atoms with Crippen LogP contribution in [-0.2, 0) is 17.7 Å². The summed E-state index contributed by atoms with van der Waals surface area (Å²) in [5, 5.41) is 19.6. The van der Waals surface area contributed by atoms with Crippen LogP contribution < -0.4 is 10.6 Å². The van der Waals surface area contributed by atoms with Gasteiger partial charge in [-0.05, 0) is 29.9 Å². The lowest BCUT2D eigenvalue weighted by molar-refractivity contribution is -0.384. The maximum absolute atomic E-state index is 10.8. The molecular formula is C19H25IN4O3S. The molecule has 0 bridgehead atoms. The first kappa shape index (κ1) is 22.6. The van der Waals surface area contributed by atoms with Gasteiger partial charge in [-0.1, -0.05) is 18.2 Å². The van der Waals surface area contributed by atoms with Gasteiger partial charge in [0, 0.05) is 42.6 Å². The molecule has 2 aromatic rings. The second kappa shape index (κ2) is 12.0. The highest BCUT2D eigenvalue weighted by Crippen LogP contribution is 2.13. The first-order valence-corrected chi connectivity index (χ1v) is 9.94. The second-order valence-corrected chi connectivity index (χ2v) is 7.49. The topological polar surface area (TPSA) is 88.8 Å². The van der Waals surface area contributed by atoms with Crippen LogP contribution in [0.3, 0.4) is 0 Å². The van der Waals surface area contributed by atoms with Gasteiger partial charge in [-0.15, -0.1) is 35.3 Å². The number of rotatable bonds is 8. The molecule has 0 spiro atoms. The fourth-order valence-electron chi connectivity index (χ4n) is 2.81. The van der Waals surface area contributed by atoms with Gasteiger partial charge in [0.2, 0.25) is 0 Å². The van der Waals surface area contributed by atoms with E-state index in [1.165, 1.54) is 17.0 Å². The van der Waals surface area contributed by atoms with Gasteiger partial charge in [-0.2, -0.15) is 0 Å². The number of thiophene rings is 1. The number of hydrogen-bond acceptors (Lipinski definition) is 5. The summed E-state index contributed by atoms with van der Waals surface area (Å²) in [6.07, 6.45) is 2.01. The predicted molar refractivity (Wildman–Crippen MR) is 123 cm³/mol. The Hall–Kier alpha value is -1.72. The lowest BCUT2D eigenvalue weighted by Crippen LogP contribution is -2.40. The van der Waals surface area contributed by atoms with Crippen molar-refractivity contribution < 1.29 is 9.66 Å². The summed E-state index contributed by atoms with van der Waals surface area (Å²) in [6.45, 7) is 3.71. The van der Waals surface area contributed by atoms with Crippen LogP contribution in [0.2, 0.25) is 0 Å². The molecule has 28 heavy (non-hydrogen) atoms. The zero-order valence-electron chi connectivity index (χ0n) is 15.5. The van der Waals surface area contributed by atoms with Crippen molar-refractivity contribution in [1.82, 2.24) is 10.6 Å². The Kier molecular flexibility index (Phi) is 9.65. The summed E-state index contributed by atoms with van der Waals surface area (Å²) in [5.74, 6) is 1.27. The first-order chi connectivity index (χ1) is 13.2. The standard InChI is InChI=1S/C19H24N4O3S.HI/c24-23(25)17-5-3-15(4-6-17)12-21-19(22-13-16-8-10-26-14-16)20-9-7-18-2-1-11-27-18;/h1-6,11,16H,7-10,12-14H2,(H2,20,21,22);1H. The van der Waals surface area contributed by atoms with E-state index in [1.54, 1.807) is 23.5 Å². The van der Waals surface area contributed by atoms with Crippen molar-refractivity contribution in [1.29, 1.82) is 0 Å². The van der Waals surface area contributed by atoms with Crippen LogP contribution in [0.5, 0.6) is 0 Å². The number of non-ortho nitro benzene ring substituents is 1. The van der Waals surface area contributed by atoms with Gasteiger partial charge in [0.1, 0.15) is 0 Å². The predicted octanol–water partition coefficient (Wildman–Crippen LogP) is 3.59. The molecule has 152 valence electrons. The van der Waals surface area contributed by atoms with Crippen molar-refractivity contribution in [3.05, 3.63) is 62.3 Å². The molecule has 3 rings (SSSR count). The molecule has 1 aromatic carbocycles. The van der Waals surface area contributed by atoms with Crippen molar-refractivity contribution in [3.63, 3.8) is 0 Å². The molecule has 9 heteroatoms. The quantitative estimate of drug-likeness (QED) is 0.184. The fourth-order valence-corrected chi connectivity index (χ4v) is 3.52. The SMILES string of the molecule is I.O=[N+]([O-])c1ccc(CN=C(NCCc2cccs2)NCC2CCOC2)cc1. The number of nitrogens with one attached hydrogen (secondary N) is 2. The van der Waals surface area contributed by atoms with Crippen LogP contribution >= 0.6 is 35.3 Å². The van der Waals surface area contributed by atoms with E-state index in [9.17, 15) is 10.1 Å². The number of guanidine groups is 1. The lowest BCUT2D eigenvalue weighted by atomic mass is 10.1. The molecule has 1 aliphatic heterocycles. The normalized spacial score (nSPS) is 16.4. The van der Waals surface area contributed by atoms with Gasteiger partial charge in [0.25, 0.3) is 5.69 Å². The first-order valence-electron chi connectivity index (χ1n) is 9.06. The Bertz CT molecular complexity index is 747. The van der Waals surface area contributed by atoms with Crippen LogP contribution in [0, 0.1) is 16.0 Å². The minimum atomic E-state index is -0.393. The highest BCUT2D eigenvalue weighted by molar-refractivity contribution is 14.0. The number of hydrogen-bond donors (Lipinski definition) is 2. The van der Waals surface area contributed by atoms with Crippen LogP contribution in [0.15, 0.2) is 46.8 Å². The molecule has 2 N–H and O–H groups in total. The maximum atomic E-state index is 10.8. The number of ether oxygens (including phenoxy) is 1. The Morgan fingerprint density at radius 2 is 2.11 bits per heavy atom. The molecule has 7 nitrogen and oxygen atoms in total. The van der Waals surface area contributed by atoms with E-state index in [2.05, 4.69) is 33.1 Å². The average Bonchev–Trinajstić information content (AvgIpc) is 3.37. The van der Waals surface area contributed by atoms with Gasteiger partial charge < -0.3 is 15.4 Å². The third-order valence-electron chi connectivity index (χ3n) is 4.39. The van der Waals surface area contributed by atoms with Crippen molar-refractivity contribution in [2.24, 2.45) is 10.9 Å². The van der Waals surface area contributed by atoms with E-state index >= 15 is 0 Å². The summed E-state index contributed by atoms with van der Waals surface area (Å²) in [4.78, 5) is 16.3. The largest absolute Gasteiger partial charge is 0.381 e. The van der Waals surface area contributed by atoms with Crippen molar-refractivity contribution in [2.45, 2.75) is 19.4 Å². The number of nitro benzene ring substituents is 1. The summed E-state index contributed by atoms with van der Waals surface area (Å²) in [6, 6.07) is 10.7. The van der Waals surface area contributed by atoms with Gasteiger partial charge in [-0.25, -0.2) is 4.99 Å². The number of halogens is 1. The molecule has 0 aliphatic carbocycles. The van der Waals surface area contributed by atoms with E-state index < -0.39 is 4.92 Å². The van der Waals surface area contributed by atoms with Gasteiger partial charge in [0.05, 0.1) is 18.1 Å². The second-order valence-electron chi connectivity index (χ2n) is 6.46. The number of nitrogens with zero attached hydrogens (tertiary/aromatic N) is 2. The molecule has 1 aliphatic rings. The Morgan fingerprint density at radius 1 is 1.29 bits per heavy atom. The highest BCUT2D eigenvalue weighted by Gasteiger charge is 2.15. The van der Waals surface area contributed by atoms with Gasteiger partial charge >= 0.3 is 0 Å². The molecular weight excluding hydrogens is 491 g/mol. The van der Waals surface area contributed by atoms with Crippen molar-refractivity contribution in [3.8, 4) is 0 Å². The third-order valence-corrected chi connectivity index (χ3v) is 5.33. The van der Waals surface area contributed by atoms with E-state index in [0.717, 1.165) is 50.7 Å². The molecule has 0 amide bonds. The van der Waals surface area contributed by atoms with Crippen LogP contribution in [0.25, 0.3) is 0 Å². The van der Waals surface area contributed by atoms with Gasteiger partial charge in [-0.3, -0.25) is 10.1 Å². The maximum Gasteiger partial charge on any atom is 0.269 e. The molecule has 1 aromatic heterocycles. The van der Waals surface area contributed by atoms with Crippen LogP contribution in [-0.4, -0.2) is 37.2 Å². The summed E-state index contributed by atoms with van der Waals surface area (Å²) in [5.41, 5.74) is 1.03. The number of aliphatic imine (C=N–C) groups is 1. The third kappa shape index (κ3) is 7.36. The monoisotopic (exact) mass is 516 g/mol. The minimum Gasteiger partial charge on any atom is -0.381 e. The summed E-state index contributed by atoms with van der Waals surface area (Å²) >= 11 is 1.75. The zero-order valence-corrected chi connectivity index (χ0v) is 18.7. The average molecular weight is 516 g/mol. The number of benzene rings is 1. The van der Waals surface area contributed by atoms with Crippen LogP contribution in [0.1, 0.15) is 16.9 Å². The molecule has 2 heterocycles. The Balaban J connectivity index is 0.00000280. The molecule has 1 saturated heterocycles. The molecule has 0 saturated carbocycles. The van der Waals surface area contributed by atoms with Crippen molar-refractivity contribution in [2.75, 3.05) is 26.3 Å². The zero-order chi connectivity index (χ0) is 18.9. The fraction of sp³-hybridized carbons (Fsp3) is 0.421. The molecule has 1 unspecified atom stereocenters. The molecule has 1 fully saturated rings. The van der Waals surface area contributed by atoms with E-state index in [0.29, 0.717) is 12.5 Å². The minimum absolute atomic E-state index is 0. The van der Waals surface area contributed by atoms with E-state index in [4.69, 9.17) is 4.74 Å². The molecule has 0 radical (unpaired) electrons. The number of nitro groups is 1. The Morgan fingerprint density at radius 3 is 2.75 bits per heavy atom. The van der Waals surface area contributed by atoms with E-state index in [-0.39, 0.29) is 29.7 Å². The van der Waals surface area contributed by atoms with Gasteiger partial charge in [0.15, 0.2) is 5.96 Å². The smallest absolute Gasteiger partial charge is 0.269 e. The summed E-state index contributed by atoms with van der Waals surface area (Å²) < 4.78 is 5.43. The Labute approximate surface area is 185 Å². The molecule has 1 atom stereocenters. The lowest BCUT2D eigenvalue weighted by Gasteiger charge is -2.15. The summed E-state index contributed by atoms with van der Waals surface area (Å²) in [7, 11) is 0. The highest BCUT2D eigenvalue weighted by atomic mass is 127. The van der Waals surface area contributed by atoms with E-state index in [1.807, 2.05) is 0 Å². The van der Waals surface area contributed by atoms with Crippen molar-refractivity contribution >= 4 is 47.0 Å².